The van der Waals surface area contributed by atoms with E-state index in [9.17, 15) is 4.79 Å². The number of carbonyl (C=O) groups excluding carboxylic acids is 1. The molecule has 1 N–H and O–H groups in total. The molecule has 35 heavy (non-hydrogen) atoms. The second kappa shape index (κ2) is 9.72. The monoisotopic (exact) mass is 467 g/mol. The maximum Gasteiger partial charge on any atom is 0.259 e. The van der Waals surface area contributed by atoms with Crippen LogP contribution in [0.5, 0.6) is 11.5 Å². The van der Waals surface area contributed by atoms with Crippen LogP contribution in [0.1, 0.15) is 27.4 Å². The number of aryl methyl sites for hydroxylation is 2. The molecule has 0 spiro atoms. The number of anilines is 1. The minimum Gasteiger partial charge on any atom is -0.486 e. The van der Waals surface area contributed by atoms with Gasteiger partial charge in [0.15, 0.2) is 0 Å². The highest BCUT2D eigenvalue weighted by Crippen LogP contribution is 2.23. The van der Waals surface area contributed by atoms with Crippen molar-refractivity contribution in [3.8, 4) is 11.5 Å². The van der Waals surface area contributed by atoms with Crippen molar-refractivity contribution in [3.63, 3.8) is 0 Å². The standard InChI is InChI=1S/C27H25N5O3/c1-19-6-5-14-32-16-21(29-26(19)32)17-35-24-8-4-3-7-23(24)27(33)30-20-9-11-22(12-10-20)34-18-25-28-13-15-31(25)2/h3-16H,17-18H2,1-2H3,(H,30,33). The first-order valence-corrected chi connectivity index (χ1v) is 11.2. The Morgan fingerprint density at radius 3 is 2.57 bits per heavy atom. The maximum absolute atomic E-state index is 13.0. The van der Waals surface area contributed by atoms with Gasteiger partial charge in [-0.25, -0.2) is 9.97 Å². The fourth-order valence-corrected chi connectivity index (χ4v) is 3.72. The number of rotatable bonds is 8. The molecule has 0 saturated carbocycles. The zero-order chi connectivity index (χ0) is 24.2. The number of imidazole rings is 2. The molecular weight excluding hydrogens is 442 g/mol. The van der Waals surface area contributed by atoms with Gasteiger partial charge in [-0.2, -0.15) is 0 Å². The summed E-state index contributed by atoms with van der Waals surface area (Å²) in [4.78, 5) is 21.9. The first kappa shape index (κ1) is 22.2. The first-order valence-electron chi connectivity index (χ1n) is 11.2. The van der Waals surface area contributed by atoms with Crippen LogP contribution < -0.4 is 14.8 Å². The summed E-state index contributed by atoms with van der Waals surface area (Å²) in [6, 6.07) is 18.4. The number of carbonyl (C=O) groups is 1. The van der Waals surface area contributed by atoms with E-state index in [-0.39, 0.29) is 12.5 Å². The number of nitrogens with zero attached hydrogens (tertiary/aromatic N) is 4. The second-order valence-corrected chi connectivity index (χ2v) is 8.16. The molecule has 2 aromatic carbocycles. The molecule has 0 unspecified atom stereocenters. The third-order valence-electron chi connectivity index (χ3n) is 5.64. The number of nitrogens with one attached hydrogen (secondary N) is 1. The van der Waals surface area contributed by atoms with E-state index in [4.69, 9.17) is 9.47 Å². The molecule has 5 aromatic rings. The van der Waals surface area contributed by atoms with E-state index < -0.39 is 0 Å². The Hall–Kier alpha value is -4.59. The molecule has 3 aromatic heterocycles. The molecular formula is C27H25N5O3. The van der Waals surface area contributed by atoms with E-state index in [1.165, 1.54) is 0 Å². The van der Waals surface area contributed by atoms with Crippen molar-refractivity contribution in [2.45, 2.75) is 20.1 Å². The highest BCUT2D eigenvalue weighted by Gasteiger charge is 2.14. The molecule has 3 heterocycles. The quantitative estimate of drug-likeness (QED) is 0.355. The SMILES string of the molecule is Cc1cccn2cc(COc3ccccc3C(=O)Nc3ccc(OCc4nccn4C)cc3)nc12. The molecule has 0 aliphatic heterocycles. The molecule has 0 aliphatic carbocycles. The van der Waals surface area contributed by atoms with Gasteiger partial charge in [-0.1, -0.05) is 18.2 Å². The van der Waals surface area contributed by atoms with Crippen LogP contribution in [0.25, 0.3) is 5.65 Å². The van der Waals surface area contributed by atoms with Gasteiger partial charge in [0.25, 0.3) is 5.91 Å². The topological polar surface area (TPSA) is 82.7 Å². The van der Waals surface area contributed by atoms with Gasteiger partial charge in [0.05, 0.1) is 11.3 Å². The summed E-state index contributed by atoms with van der Waals surface area (Å²) in [6.45, 7) is 2.64. The number of ether oxygens (including phenoxy) is 2. The van der Waals surface area contributed by atoms with E-state index in [1.54, 1.807) is 30.5 Å². The lowest BCUT2D eigenvalue weighted by Crippen LogP contribution is -2.13. The number of hydrogen-bond donors (Lipinski definition) is 1. The summed E-state index contributed by atoms with van der Waals surface area (Å²) in [6.07, 6.45) is 7.49. The summed E-state index contributed by atoms with van der Waals surface area (Å²) in [5.74, 6) is 1.76. The van der Waals surface area contributed by atoms with Gasteiger partial charge >= 0.3 is 0 Å². The summed E-state index contributed by atoms with van der Waals surface area (Å²) < 4.78 is 15.6. The highest BCUT2D eigenvalue weighted by atomic mass is 16.5. The van der Waals surface area contributed by atoms with E-state index in [0.29, 0.717) is 29.4 Å². The smallest absolute Gasteiger partial charge is 0.259 e. The molecule has 0 atom stereocenters. The van der Waals surface area contributed by atoms with Crippen molar-refractivity contribution in [2.75, 3.05) is 5.32 Å². The van der Waals surface area contributed by atoms with Gasteiger partial charge in [0, 0.05) is 37.5 Å². The number of aromatic nitrogens is 4. The van der Waals surface area contributed by atoms with Crippen LogP contribution in [-0.4, -0.2) is 24.8 Å². The van der Waals surface area contributed by atoms with Crippen molar-refractivity contribution in [1.82, 2.24) is 18.9 Å². The Kier molecular flexibility index (Phi) is 6.17. The lowest BCUT2D eigenvalue weighted by molar-refractivity contribution is 0.102. The van der Waals surface area contributed by atoms with E-state index >= 15 is 0 Å². The summed E-state index contributed by atoms with van der Waals surface area (Å²) >= 11 is 0. The van der Waals surface area contributed by atoms with Crippen LogP contribution in [0.3, 0.4) is 0 Å². The molecule has 176 valence electrons. The Bertz CT molecular complexity index is 1470. The molecule has 0 saturated heterocycles. The highest BCUT2D eigenvalue weighted by molar-refractivity contribution is 6.06. The largest absolute Gasteiger partial charge is 0.486 e. The van der Waals surface area contributed by atoms with Crippen molar-refractivity contribution in [2.24, 2.45) is 7.05 Å². The average Bonchev–Trinajstić information content (AvgIpc) is 3.49. The van der Waals surface area contributed by atoms with Crippen LogP contribution >= 0.6 is 0 Å². The zero-order valence-electron chi connectivity index (χ0n) is 19.5. The van der Waals surface area contributed by atoms with Gasteiger partial charge in [-0.3, -0.25) is 4.79 Å². The van der Waals surface area contributed by atoms with Gasteiger partial charge in [-0.05, 0) is 55.0 Å². The molecule has 0 fully saturated rings. The molecule has 1 amide bonds. The van der Waals surface area contributed by atoms with Crippen LogP contribution in [0, 0.1) is 6.92 Å². The molecule has 0 bridgehead atoms. The molecule has 8 heteroatoms. The fourth-order valence-electron chi connectivity index (χ4n) is 3.72. The van der Waals surface area contributed by atoms with Crippen molar-refractivity contribution < 1.29 is 14.3 Å². The summed E-state index contributed by atoms with van der Waals surface area (Å²) in [7, 11) is 1.92. The normalized spacial score (nSPS) is 10.9. The van der Waals surface area contributed by atoms with Crippen molar-refractivity contribution in [3.05, 3.63) is 108 Å². The summed E-state index contributed by atoms with van der Waals surface area (Å²) in [5.41, 5.74) is 3.87. The van der Waals surface area contributed by atoms with Crippen LogP contribution in [0.2, 0.25) is 0 Å². The third kappa shape index (κ3) is 5.01. The van der Waals surface area contributed by atoms with Crippen molar-refractivity contribution in [1.29, 1.82) is 0 Å². The van der Waals surface area contributed by atoms with Crippen LogP contribution in [0.4, 0.5) is 5.69 Å². The molecule has 8 nitrogen and oxygen atoms in total. The minimum atomic E-state index is -0.256. The average molecular weight is 468 g/mol. The minimum absolute atomic E-state index is 0.256. The predicted molar refractivity (Wildman–Crippen MR) is 133 cm³/mol. The molecule has 0 aliphatic rings. The fraction of sp³-hybridized carbons (Fsp3) is 0.148. The Morgan fingerprint density at radius 2 is 1.80 bits per heavy atom. The van der Waals surface area contributed by atoms with Gasteiger partial charge < -0.3 is 23.8 Å². The second-order valence-electron chi connectivity index (χ2n) is 8.16. The van der Waals surface area contributed by atoms with Crippen LogP contribution in [-0.2, 0) is 20.3 Å². The predicted octanol–water partition coefficient (Wildman–Crippen LogP) is 4.79. The molecule has 5 rings (SSSR count). The molecule has 0 radical (unpaired) electrons. The van der Waals surface area contributed by atoms with Crippen molar-refractivity contribution >= 4 is 17.2 Å². The maximum atomic E-state index is 13.0. The lowest BCUT2D eigenvalue weighted by atomic mass is 10.2. The first-order chi connectivity index (χ1) is 17.1. The van der Waals surface area contributed by atoms with Gasteiger partial charge in [0.1, 0.15) is 36.2 Å². The lowest BCUT2D eigenvalue weighted by Gasteiger charge is -2.12. The Morgan fingerprint density at radius 1 is 0.971 bits per heavy atom. The van der Waals surface area contributed by atoms with E-state index in [2.05, 4.69) is 15.3 Å². The summed E-state index contributed by atoms with van der Waals surface area (Å²) in [5, 5.41) is 2.92. The number of amides is 1. The van der Waals surface area contributed by atoms with Gasteiger partial charge in [-0.15, -0.1) is 0 Å². The number of benzene rings is 2. The third-order valence-corrected chi connectivity index (χ3v) is 5.64. The number of hydrogen-bond acceptors (Lipinski definition) is 5. The Balaban J connectivity index is 1.22. The van der Waals surface area contributed by atoms with Gasteiger partial charge in [0.2, 0.25) is 0 Å². The number of pyridine rings is 1. The van der Waals surface area contributed by atoms with E-state index in [1.807, 2.05) is 77.9 Å². The van der Waals surface area contributed by atoms with Crippen LogP contribution in [0.15, 0.2) is 85.5 Å². The zero-order valence-corrected chi connectivity index (χ0v) is 19.5. The van der Waals surface area contributed by atoms with E-state index in [0.717, 1.165) is 22.7 Å². The Labute approximate surface area is 202 Å². The number of para-hydroxylation sites is 1. The number of fused-ring (bicyclic) bond motifs is 1.